The molecule has 4 aliphatic rings. The lowest BCUT2D eigenvalue weighted by Gasteiger charge is -2.59. The van der Waals surface area contributed by atoms with E-state index in [1.807, 2.05) is 0 Å². The molecule has 0 aromatic carbocycles. The molecule has 1 nitrogen and oxygen atoms in total. The second-order valence-electron chi connectivity index (χ2n) is 9.55. The molecule has 0 aromatic heterocycles. The number of hydrogen-bond donors (Lipinski definition) is 1. The molecule has 0 saturated heterocycles. The summed E-state index contributed by atoms with van der Waals surface area (Å²) in [6, 6.07) is 0. The summed E-state index contributed by atoms with van der Waals surface area (Å²) < 4.78 is 0. The van der Waals surface area contributed by atoms with E-state index in [1.165, 1.54) is 70.6 Å². The molecule has 0 heterocycles. The Labute approximate surface area is 143 Å². The van der Waals surface area contributed by atoms with Crippen molar-refractivity contribution in [2.45, 2.75) is 103 Å². The van der Waals surface area contributed by atoms with Crippen LogP contribution in [0.15, 0.2) is 0 Å². The van der Waals surface area contributed by atoms with Crippen LogP contribution in [0.4, 0.5) is 0 Å². The summed E-state index contributed by atoms with van der Waals surface area (Å²) in [7, 11) is 0. The van der Waals surface area contributed by atoms with Crippen molar-refractivity contribution in [3.8, 4) is 0 Å². The Morgan fingerprint density at radius 3 is 2.35 bits per heavy atom. The zero-order valence-corrected chi connectivity index (χ0v) is 15.5. The van der Waals surface area contributed by atoms with Crippen molar-refractivity contribution in [3.63, 3.8) is 0 Å². The molecule has 0 spiro atoms. The predicted octanol–water partition coefficient (Wildman–Crippen LogP) is 5.95. The fourth-order valence-corrected chi connectivity index (χ4v) is 8.25. The molecule has 0 aromatic rings. The Kier molecular flexibility index (Phi) is 4.32. The van der Waals surface area contributed by atoms with E-state index in [0.29, 0.717) is 0 Å². The van der Waals surface area contributed by atoms with Gasteiger partial charge in [-0.15, -0.1) is 0 Å². The summed E-state index contributed by atoms with van der Waals surface area (Å²) in [5.41, 5.74) is -0.109. The van der Waals surface area contributed by atoms with E-state index in [4.69, 9.17) is 0 Å². The van der Waals surface area contributed by atoms with E-state index in [-0.39, 0.29) is 11.0 Å². The topological polar surface area (TPSA) is 20.2 Å². The lowest BCUT2D eigenvalue weighted by molar-refractivity contribution is -0.166. The quantitative estimate of drug-likeness (QED) is 0.681. The zero-order valence-electron chi connectivity index (χ0n) is 15.5. The van der Waals surface area contributed by atoms with Crippen molar-refractivity contribution in [2.24, 2.45) is 35.0 Å². The number of hydrogen-bond acceptors (Lipinski definition) is 1. The van der Waals surface area contributed by atoms with E-state index in [2.05, 4.69) is 13.8 Å². The molecule has 4 fully saturated rings. The average Bonchev–Trinajstić information content (AvgIpc) is 3.06. The maximum Gasteiger partial charge on any atom is 0.0701 e. The molecule has 4 rings (SSSR count). The van der Waals surface area contributed by atoms with Crippen LogP contribution in [0.3, 0.4) is 0 Å². The number of aliphatic hydroxyl groups is 1. The van der Waals surface area contributed by atoms with Crippen LogP contribution >= 0.6 is 0 Å². The number of fused-ring (bicyclic) bond motifs is 5. The van der Waals surface area contributed by atoms with Crippen molar-refractivity contribution in [1.29, 1.82) is 0 Å². The molecular weight excluding hydrogens is 280 g/mol. The van der Waals surface area contributed by atoms with Gasteiger partial charge in [0.1, 0.15) is 0 Å². The van der Waals surface area contributed by atoms with Gasteiger partial charge in [-0.2, -0.15) is 0 Å². The van der Waals surface area contributed by atoms with Crippen molar-refractivity contribution in [3.05, 3.63) is 0 Å². The van der Waals surface area contributed by atoms with E-state index < -0.39 is 0 Å². The third-order valence-corrected chi connectivity index (χ3v) is 9.32. The monoisotopic (exact) mass is 318 g/mol. The first-order chi connectivity index (χ1) is 11.1. The molecule has 6 atom stereocenters. The maximum atomic E-state index is 11.5. The summed E-state index contributed by atoms with van der Waals surface area (Å²) in [5.74, 6) is 4.93. The Morgan fingerprint density at radius 2 is 1.57 bits per heavy atom. The molecule has 0 radical (unpaired) electrons. The summed E-state index contributed by atoms with van der Waals surface area (Å²) in [6.07, 6.45) is 17.8. The van der Waals surface area contributed by atoms with Crippen molar-refractivity contribution in [2.75, 3.05) is 0 Å². The largest absolute Gasteiger partial charge is 0.389 e. The van der Waals surface area contributed by atoms with Crippen LogP contribution in [-0.4, -0.2) is 10.7 Å². The molecule has 0 amide bonds. The Bertz CT molecular complexity index is 426. The van der Waals surface area contributed by atoms with Crippen LogP contribution in [-0.2, 0) is 0 Å². The first-order valence-corrected chi connectivity index (χ1v) is 10.9. The molecule has 132 valence electrons. The van der Waals surface area contributed by atoms with Gasteiger partial charge in [-0.05, 0) is 87.4 Å². The van der Waals surface area contributed by atoms with Gasteiger partial charge in [0.15, 0.2) is 0 Å². The highest BCUT2D eigenvalue weighted by Gasteiger charge is 2.61. The van der Waals surface area contributed by atoms with Crippen LogP contribution in [0.2, 0.25) is 0 Å². The lowest BCUT2D eigenvalue weighted by Crippen LogP contribution is -2.57. The highest BCUT2D eigenvalue weighted by Crippen LogP contribution is 2.66. The molecule has 1 unspecified atom stereocenters. The normalized spacial score (nSPS) is 46.8. The summed E-state index contributed by atoms with van der Waals surface area (Å²) in [4.78, 5) is 0. The minimum Gasteiger partial charge on any atom is -0.389 e. The first-order valence-electron chi connectivity index (χ1n) is 10.9. The number of rotatable bonds is 3. The summed E-state index contributed by atoms with van der Waals surface area (Å²) in [6.45, 7) is 4.47. The Balaban J connectivity index is 1.63. The lowest BCUT2D eigenvalue weighted by atomic mass is 9.47. The van der Waals surface area contributed by atoms with Gasteiger partial charge in [-0.25, -0.2) is 0 Å². The van der Waals surface area contributed by atoms with E-state index in [9.17, 15) is 5.11 Å². The predicted molar refractivity (Wildman–Crippen MR) is 96.2 cm³/mol. The van der Waals surface area contributed by atoms with Crippen LogP contribution < -0.4 is 0 Å². The summed E-state index contributed by atoms with van der Waals surface area (Å²) >= 11 is 0. The molecule has 1 N–H and O–H groups in total. The molecule has 4 aliphatic carbocycles. The van der Waals surface area contributed by atoms with Gasteiger partial charge < -0.3 is 5.11 Å². The molecule has 0 aliphatic heterocycles. The third kappa shape index (κ3) is 2.28. The fourth-order valence-electron chi connectivity index (χ4n) is 8.25. The second-order valence-corrected chi connectivity index (χ2v) is 9.55. The van der Waals surface area contributed by atoms with Gasteiger partial charge in [0.25, 0.3) is 0 Å². The van der Waals surface area contributed by atoms with Crippen LogP contribution in [0.1, 0.15) is 97.3 Å². The fraction of sp³-hybridized carbons (Fsp3) is 1.00. The SMILES string of the molecule is CCC(O)(CC)[C@@]12CCC[C@H]1[C@@H]1CCC3CCCC[C@@H]3[C@H]1CC2. The van der Waals surface area contributed by atoms with Gasteiger partial charge in [-0.3, -0.25) is 0 Å². The smallest absolute Gasteiger partial charge is 0.0701 e. The van der Waals surface area contributed by atoms with E-state index >= 15 is 0 Å². The highest BCUT2D eigenvalue weighted by molar-refractivity contribution is 5.11. The van der Waals surface area contributed by atoms with Gasteiger partial charge >= 0.3 is 0 Å². The Hall–Kier alpha value is -0.0400. The van der Waals surface area contributed by atoms with Gasteiger partial charge in [-0.1, -0.05) is 39.5 Å². The average molecular weight is 319 g/mol. The van der Waals surface area contributed by atoms with Crippen molar-refractivity contribution < 1.29 is 5.11 Å². The zero-order chi connectivity index (χ0) is 16.1. The minimum absolute atomic E-state index is 0.277. The molecule has 4 saturated carbocycles. The van der Waals surface area contributed by atoms with Gasteiger partial charge in [0, 0.05) is 5.41 Å². The molecule has 0 bridgehead atoms. The van der Waals surface area contributed by atoms with Crippen LogP contribution in [0.25, 0.3) is 0 Å². The summed E-state index contributed by atoms with van der Waals surface area (Å²) in [5, 5.41) is 11.5. The second kappa shape index (κ2) is 6.04. The third-order valence-electron chi connectivity index (χ3n) is 9.32. The van der Waals surface area contributed by atoms with Gasteiger partial charge in [0.2, 0.25) is 0 Å². The minimum atomic E-state index is -0.386. The van der Waals surface area contributed by atoms with Crippen molar-refractivity contribution in [1.82, 2.24) is 0 Å². The Morgan fingerprint density at radius 1 is 0.783 bits per heavy atom. The first kappa shape index (κ1) is 16.4. The van der Waals surface area contributed by atoms with E-state index in [1.54, 1.807) is 0 Å². The molecular formula is C22H38O. The van der Waals surface area contributed by atoms with Gasteiger partial charge in [0.05, 0.1) is 5.60 Å². The van der Waals surface area contributed by atoms with Crippen LogP contribution in [0.5, 0.6) is 0 Å². The highest BCUT2D eigenvalue weighted by atomic mass is 16.3. The molecule has 23 heavy (non-hydrogen) atoms. The van der Waals surface area contributed by atoms with Crippen LogP contribution in [0, 0.1) is 35.0 Å². The standard InChI is InChI=1S/C22H38O/c1-3-22(23,4-2)21-14-7-10-20(21)19-12-11-16-8-5-6-9-17(16)18(19)13-15-21/h16-20,23H,3-15H2,1-2H3/t16?,17-,18+,19+,20-,21+/m0/s1. The van der Waals surface area contributed by atoms with E-state index in [0.717, 1.165) is 42.4 Å². The van der Waals surface area contributed by atoms with Crippen molar-refractivity contribution >= 4 is 0 Å². The molecule has 1 heteroatoms. The maximum absolute atomic E-state index is 11.5.